The van der Waals surface area contributed by atoms with E-state index < -0.39 is 29.5 Å². The van der Waals surface area contributed by atoms with E-state index in [4.69, 9.17) is 5.11 Å². The number of hydrogen-bond donors (Lipinski definition) is 2. The summed E-state index contributed by atoms with van der Waals surface area (Å²) in [5.74, 6) is -1.65. The summed E-state index contributed by atoms with van der Waals surface area (Å²) < 4.78 is 37.9. The largest absolute Gasteiger partial charge is 0.480 e. The first-order chi connectivity index (χ1) is 7.42. The third-order valence-corrected chi connectivity index (χ3v) is 2.67. The summed E-state index contributed by atoms with van der Waals surface area (Å²) in [4.78, 5) is 10.9. The molecule has 7 heteroatoms. The van der Waals surface area contributed by atoms with Crippen molar-refractivity contribution in [2.24, 2.45) is 11.3 Å². The predicted molar refractivity (Wildman–Crippen MR) is 61.4 cm³/mol. The lowest BCUT2D eigenvalue weighted by Gasteiger charge is -2.27. The lowest BCUT2D eigenvalue weighted by atomic mass is 9.82. The Labute approximate surface area is 103 Å². The first-order valence-corrected chi connectivity index (χ1v) is 5.97. The van der Waals surface area contributed by atoms with Gasteiger partial charge >= 0.3 is 11.5 Å². The van der Waals surface area contributed by atoms with Crippen LogP contribution in [0.1, 0.15) is 34.1 Å². The standard InChI is InChI=1S/C10H18F3NO2S/c1-6(5-9(2,3)4)7(8(15)16)14-17-10(11,12)13/h6-7,14H,5H2,1-4H3,(H,15,16). The second-order valence-corrected chi connectivity index (χ2v) is 6.13. The molecule has 0 aliphatic carbocycles. The van der Waals surface area contributed by atoms with E-state index >= 15 is 0 Å². The fourth-order valence-corrected chi connectivity index (χ4v) is 2.22. The smallest absolute Gasteiger partial charge is 0.456 e. The Morgan fingerprint density at radius 3 is 2.12 bits per heavy atom. The van der Waals surface area contributed by atoms with E-state index in [0.29, 0.717) is 6.42 Å². The summed E-state index contributed by atoms with van der Waals surface area (Å²) in [5, 5.41) is 8.89. The number of rotatable bonds is 5. The van der Waals surface area contributed by atoms with Crippen molar-refractivity contribution >= 4 is 17.9 Å². The minimum atomic E-state index is -4.48. The van der Waals surface area contributed by atoms with Crippen LogP contribution in [-0.2, 0) is 4.79 Å². The zero-order valence-electron chi connectivity index (χ0n) is 10.3. The number of hydrogen-bond acceptors (Lipinski definition) is 3. The van der Waals surface area contributed by atoms with Gasteiger partial charge in [0.2, 0.25) is 0 Å². The fourth-order valence-electron chi connectivity index (χ4n) is 1.62. The van der Waals surface area contributed by atoms with Gasteiger partial charge in [0.1, 0.15) is 6.04 Å². The third kappa shape index (κ3) is 8.31. The van der Waals surface area contributed by atoms with Crippen LogP contribution in [0.5, 0.6) is 0 Å². The van der Waals surface area contributed by atoms with Gasteiger partial charge in [-0.15, -0.1) is 0 Å². The van der Waals surface area contributed by atoms with Gasteiger partial charge in [-0.1, -0.05) is 27.7 Å². The maximum atomic E-state index is 12.0. The van der Waals surface area contributed by atoms with E-state index in [0.717, 1.165) is 0 Å². The van der Waals surface area contributed by atoms with Crippen LogP contribution in [0, 0.1) is 11.3 Å². The van der Waals surface area contributed by atoms with Crippen molar-refractivity contribution in [3.8, 4) is 0 Å². The van der Waals surface area contributed by atoms with Crippen LogP contribution in [0.25, 0.3) is 0 Å². The lowest BCUT2D eigenvalue weighted by Crippen LogP contribution is -2.40. The minimum Gasteiger partial charge on any atom is -0.480 e. The van der Waals surface area contributed by atoms with Crippen LogP contribution in [0.15, 0.2) is 0 Å². The number of carboxylic acids is 1. The molecule has 0 rings (SSSR count). The van der Waals surface area contributed by atoms with Gasteiger partial charge in [0.15, 0.2) is 0 Å². The lowest BCUT2D eigenvalue weighted by molar-refractivity contribution is -0.140. The molecule has 0 aromatic carbocycles. The molecule has 2 unspecified atom stereocenters. The highest BCUT2D eigenvalue weighted by Crippen LogP contribution is 2.31. The van der Waals surface area contributed by atoms with E-state index in [-0.39, 0.29) is 11.3 Å². The molecule has 0 radical (unpaired) electrons. The Morgan fingerprint density at radius 2 is 1.82 bits per heavy atom. The molecule has 0 spiro atoms. The summed E-state index contributed by atoms with van der Waals surface area (Å²) in [5.41, 5.74) is -4.60. The van der Waals surface area contributed by atoms with Gasteiger partial charge in [-0.05, 0) is 17.8 Å². The summed E-state index contributed by atoms with van der Waals surface area (Å²) >= 11 is -0.507. The molecule has 0 aromatic rings. The molecule has 2 N–H and O–H groups in total. The van der Waals surface area contributed by atoms with Crippen molar-refractivity contribution in [3.63, 3.8) is 0 Å². The topological polar surface area (TPSA) is 49.3 Å². The molecule has 0 saturated heterocycles. The summed E-state index contributed by atoms with van der Waals surface area (Å²) in [6.45, 7) is 7.38. The number of carbonyl (C=O) groups is 1. The molecule has 0 aliphatic heterocycles. The summed E-state index contributed by atoms with van der Waals surface area (Å²) in [6.07, 6.45) is 0.523. The molecule has 2 atom stereocenters. The van der Waals surface area contributed by atoms with E-state index in [9.17, 15) is 18.0 Å². The van der Waals surface area contributed by atoms with Crippen LogP contribution in [-0.4, -0.2) is 22.6 Å². The Bertz CT molecular complexity index is 263. The van der Waals surface area contributed by atoms with Crippen molar-refractivity contribution in [2.75, 3.05) is 0 Å². The van der Waals surface area contributed by atoms with Gasteiger partial charge < -0.3 is 5.11 Å². The number of alkyl halides is 3. The Morgan fingerprint density at radius 1 is 1.35 bits per heavy atom. The van der Waals surface area contributed by atoms with E-state index in [1.54, 1.807) is 6.92 Å². The summed E-state index contributed by atoms with van der Waals surface area (Å²) in [6, 6.07) is -1.21. The minimum absolute atomic E-state index is 0.127. The van der Waals surface area contributed by atoms with Gasteiger partial charge in [0.25, 0.3) is 0 Å². The molecule has 102 valence electrons. The second-order valence-electron chi connectivity index (χ2n) is 5.22. The Kier molecular flexibility index (Phi) is 5.80. The van der Waals surface area contributed by atoms with Gasteiger partial charge in [-0.25, -0.2) is 4.72 Å². The predicted octanol–water partition coefficient (Wildman–Crippen LogP) is 3.27. The van der Waals surface area contributed by atoms with Crippen molar-refractivity contribution < 1.29 is 23.1 Å². The number of carboxylic acid groups (broad SMARTS) is 1. The molecule has 0 aromatic heterocycles. The molecule has 0 fully saturated rings. The van der Waals surface area contributed by atoms with Crippen molar-refractivity contribution in [1.82, 2.24) is 4.72 Å². The zero-order chi connectivity index (χ0) is 13.9. The van der Waals surface area contributed by atoms with Gasteiger partial charge in [0, 0.05) is 11.9 Å². The molecule has 17 heavy (non-hydrogen) atoms. The average Bonchev–Trinajstić information content (AvgIpc) is 1.96. The van der Waals surface area contributed by atoms with Crippen molar-refractivity contribution in [3.05, 3.63) is 0 Å². The number of nitrogens with one attached hydrogen (secondary N) is 1. The number of halogens is 3. The van der Waals surface area contributed by atoms with Gasteiger partial charge in [-0.2, -0.15) is 13.2 Å². The molecular formula is C10H18F3NO2S. The molecule has 0 aliphatic rings. The number of aliphatic carboxylic acids is 1. The van der Waals surface area contributed by atoms with E-state index in [1.165, 1.54) is 0 Å². The van der Waals surface area contributed by atoms with Crippen LogP contribution in [0.3, 0.4) is 0 Å². The van der Waals surface area contributed by atoms with Gasteiger partial charge in [0.05, 0.1) is 0 Å². The summed E-state index contributed by atoms with van der Waals surface area (Å²) in [7, 11) is 0. The fraction of sp³-hybridized carbons (Fsp3) is 0.900. The zero-order valence-corrected chi connectivity index (χ0v) is 11.1. The Balaban J connectivity index is 4.48. The molecule has 0 saturated carbocycles. The van der Waals surface area contributed by atoms with Crippen molar-refractivity contribution in [1.29, 1.82) is 0 Å². The highest BCUT2D eigenvalue weighted by atomic mass is 32.2. The monoisotopic (exact) mass is 273 g/mol. The normalized spacial score (nSPS) is 16.6. The van der Waals surface area contributed by atoms with E-state index in [1.807, 2.05) is 25.5 Å². The second kappa shape index (κ2) is 5.95. The third-order valence-electron chi connectivity index (χ3n) is 2.07. The highest BCUT2D eigenvalue weighted by Gasteiger charge is 2.34. The first kappa shape index (κ1) is 16.6. The van der Waals surface area contributed by atoms with E-state index in [2.05, 4.69) is 0 Å². The van der Waals surface area contributed by atoms with Crippen molar-refractivity contribution in [2.45, 2.75) is 45.7 Å². The first-order valence-electron chi connectivity index (χ1n) is 5.15. The molecular weight excluding hydrogens is 255 g/mol. The molecule has 3 nitrogen and oxygen atoms in total. The van der Waals surface area contributed by atoms with Crippen LogP contribution >= 0.6 is 11.9 Å². The highest BCUT2D eigenvalue weighted by molar-refractivity contribution is 7.98. The average molecular weight is 273 g/mol. The molecule has 0 bridgehead atoms. The molecule has 0 amide bonds. The maximum absolute atomic E-state index is 12.0. The quantitative estimate of drug-likeness (QED) is 0.755. The van der Waals surface area contributed by atoms with Crippen LogP contribution in [0.2, 0.25) is 0 Å². The SMILES string of the molecule is CC(CC(C)(C)C)C(NSC(F)(F)F)C(=O)O. The maximum Gasteiger partial charge on any atom is 0.456 e. The Hall–Kier alpha value is -0.430. The van der Waals surface area contributed by atoms with Crippen LogP contribution in [0.4, 0.5) is 13.2 Å². The molecule has 0 heterocycles. The van der Waals surface area contributed by atoms with Crippen LogP contribution < -0.4 is 4.72 Å². The van der Waals surface area contributed by atoms with Gasteiger partial charge in [-0.3, -0.25) is 4.79 Å².